The number of likely N-dealkylation sites (tertiary alicyclic amines) is 2. The Morgan fingerprint density at radius 3 is 2.65 bits per heavy atom. The first-order chi connectivity index (χ1) is 12.8. The molecule has 2 aliphatic rings. The fraction of sp³-hybridized carbons (Fsp3) is 0.526. The van der Waals surface area contributed by atoms with Gasteiger partial charge in [-0.25, -0.2) is 4.79 Å². The van der Waals surface area contributed by atoms with Gasteiger partial charge in [-0.05, 0) is 63.4 Å². The molecule has 0 aliphatic carbocycles. The number of aromatic nitrogens is 3. The van der Waals surface area contributed by atoms with Gasteiger partial charge in [0, 0.05) is 24.8 Å². The molecule has 2 aromatic rings. The minimum atomic E-state index is 0.00908. The van der Waals surface area contributed by atoms with Crippen molar-refractivity contribution < 1.29 is 4.79 Å². The van der Waals surface area contributed by atoms with Crippen LogP contribution < -0.4 is 5.32 Å². The molecule has 7 heteroatoms. The van der Waals surface area contributed by atoms with E-state index < -0.39 is 0 Å². The van der Waals surface area contributed by atoms with Crippen LogP contribution in [0.2, 0.25) is 0 Å². The number of piperidine rings is 1. The number of urea groups is 1. The van der Waals surface area contributed by atoms with E-state index >= 15 is 0 Å². The molecule has 1 aromatic carbocycles. The standard InChI is InChI=1S/C19H26N6O/c26-19(22-16-6-5-8-17(12-16)24-14-20-21-15-24)25-11-2-1-7-18(25)13-23-9-3-4-10-23/h5-6,8,12,14-15,18H,1-4,7,9-11,13H2,(H,22,26)/t18-/m0/s1. The second-order valence-corrected chi connectivity index (χ2v) is 7.20. The van der Waals surface area contributed by atoms with Crippen molar-refractivity contribution in [3.05, 3.63) is 36.9 Å². The molecule has 1 atom stereocenters. The Morgan fingerprint density at radius 1 is 1.08 bits per heavy atom. The third kappa shape index (κ3) is 3.88. The van der Waals surface area contributed by atoms with Gasteiger partial charge in [0.05, 0.1) is 5.69 Å². The minimum absolute atomic E-state index is 0.00908. The van der Waals surface area contributed by atoms with E-state index in [1.54, 1.807) is 12.7 Å². The van der Waals surface area contributed by atoms with E-state index in [1.807, 2.05) is 33.7 Å². The predicted molar refractivity (Wildman–Crippen MR) is 100 cm³/mol. The highest BCUT2D eigenvalue weighted by molar-refractivity contribution is 5.90. The maximum Gasteiger partial charge on any atom is 0.322 e. The number of nitrogens with one attached hydrogen (secondary N) is 1. The normalized spacial score (nSPS) is 21.1. The molecular weight excluding hydrogens is 328 g/mol. The van der Waals surface area contributed by atoms with Crippen LogP contribution in [0.3, 0.4) is 0 Å². The van der Waals surface area contributed by atoms with Crippen LogP contribution in [0, 0.1) is 0 Å². The predicted octanol–water partition coefficient (Wildman–Crippen LogP) is 2.75. The van der Waals surface area contributed by atoms with E-state index in [9.17, 15) is 4.79 Å². The van der Waals surface area contributed by atoms with E-state index in [2.05, 4.69) is 20.4 Å². The van der Waals surface area contributed by atoms with Crippen LogP contribution in [0.15, 0.2) is 36.9 Å². The molecule has 138 valence electrons. The Kier molecular flexibility index (Phi) is 5.15. The quantitative estimate of drug-likeness (QED) is 0.917. The van der Waals surface area contributed by atoms with Gasteiger partial charge in [-0.1, -0.05) is 6.07 Å². The molecule has 2 amide bonds. The van der Waals surface area contributed by atoms with Gasteiger partial charge in [0.2, 0.25) is 0 Å². The number of rotatable bonds is 4. The first kappa shape index (κ1) is 17.0. The second-order valence-electron chi connectivity index (χ2n) is 7.20. The molecule has 0 radical (unpaired) electrons. The summed E-state index contributed by atoms with van der Waals surface area (Å²) in [5.41, 5.74) is 1.73. The first-order valence-corrected chi connectivity index (χ1v) is 9.55. The van der Waals surface area contributed by atoms with E-state index in [4.69, 9.17) is 0 Å². The first-order valence-electron chi connectivity index (χ1n) is 9.55. The van der Waals surface area contributed by atoms with Crippen LogP contribution in [0.5, 0.6) is 0 Å². The van der Waals surface area contributed by atoms with Gasteiger partial charge in [-0.3, -0.25) is 4.57 Å². The zero-order valence-corrected chi connectivity index (χ0v) is 15.0. The average molecular weight is 354 g/mol. The molecule has 0 spiro atoms. The van der Waals surface area contributed by atoms with Crippen LogP contribution in [-0.4, -0.2) is 62.8 Å². The van der Waals surface area contributed by atoms with Crippen molar-refractivity contribution in [3.63, 3.8) is 0 Å². The van der Waals surface area contributed by atoms with Crippen molar-refractivity contribution in [1.29, 1.82) is 0 Å². The summed E-state index contributed by atoms with van der Waals surface area (Å²) < 4.78 is 1.83. The summed E-state index contributed by atoms with van der Waals surface area (Å²) in [5, 5.41) is 10.8. The average Bonchev–Trinajstić information content (AvgIpc) is 3.36. The van der Waals surface area contributed by atoms with Crippen molar-refractivity contribution in [1.82, 2.24) is 24.6 Å². The lowest BCUT2D eigenvalue weighted by atomic mass is 10.0. The largest absolute Gasteiger partial charge is 0.322 e. The maximum atomic E-state index is 12.9. The van der Waals surface area contributed by atoms with Crippen LogP contribution in [0.25, 0.3) is 5.69 Å². The summed E-state index contributed by atoms with van der Waals surface area (Å²) in [7, 11) is 0. The number of carbonyl (C=O) groups is 1. The third-order valence-corrected chi connectivity index (χ3v) is 5.37. The number of amides is 2. The van der Waals surface area contributed by atoms with Crippen molar-refractivity contribution in [3.8, 4) is 5.69 Å². The van der Waals surface area contributed by atoms with Crippen LogP contribution in [0.1, 0.15) is 32.1 Å². The molecular formula is C19H26N6O. The fourth-order valence-electron chi connectivity index (χ4n) is 3.99. The Morgan fingerprint density at radius 2 is 1.85 bits per heavy atom. The van der Waals surface area contributed by atoms with E-state index in [0.717, 1.165) is 37.3 Å². The highest BCUT2D eigenvalue weighted by Gasteiger charge is 2.29. The van der Waals surface area contributed by atoms with Gasteiger partial charge in [0.25, 0.3) is 0 Å². The molecule has 0 unspecified atom stereocenters. The number of hydrogen-bond acceptors (Lipinski definition) is 4. The number of carbonyl (C=O) groups excluding carboxylic acids is 1. The van der Waals surface area contributed by atoms with E-state index in [0.29, 0.717) is 6.04 Å². The molecule has 26 heavy (non-hydrogen) atoms. The van der Waals surface area contributed by atoms with Gasteiger partial charge >= 0.3 is 6.03 Å². The maximum absolute atomic E-state index is 12.9. The van der Waals surface area contributed by atoms with E-state index in [-0.39, 0.29) is 6.03 Å². The number of hydrogen-bond donors (Lipinski definition) is 1. The Hall–Kier alpha value is -2.41. The molecule has 2 saturated heterocycles. The van der Waals surface area contributed by atoms with Gasteiger partial charge < -0.3 is 15.1 Å². The Labute approximate surface area is 154 Å². The summed E-state index contributed by atoms with van der Waals surface area (Å²) >= 11 is 0. The summed E-state index contributed by atoms with van der Waals surface area (Å²) in [4.78, 5) is 17.5. The SMILES string of the molecule is O=C(Nc1cccc(-n2cnnc2)c1)N1CCCC[C@H]1CN1CCCC1. The lowest BCUT2D eigenvalue weighted by Gasteiger charge is -2.37. The molecule has 4 rings (SSSR count). The van der Waals surface area contributed by atoms with Gasteiger partial charge in [0.15, 0.2) is 0 Å². The molecule has 0 bridgehead atoms. The van der Waals surface area contributed by atoms with Crippen molar-refractivity contribution in [2.75, 3.05) is 31.5 Å². The third-order valence-electron chi connectivity index (χ3n) is 5.37. The van der Waals surface area contributed by atoms with Crippen molar-refractivity contribution in [2.24, 2.45) is 0 Å². The second kappa shape index (κ2) is 7.86. The molecule has 1 aromatic heterocycles. The zero-order valence-electron chi connectivity index (χ0n) is 15.0. The topological polar surface area (TPSA) is 66.3 Å². The minimum Gasteiger partial charge on any atom is -0.320 e. The Balaban J connectivity index is 1.43. The van der Waals surface area contributed by atoms with Crippen LogP contribution in [0.4, 0.5) is 10.5 Å². The highest BCUT2D eigenvalue weighted by Crippen LogP contribution is 2.22. The number of nitrogens with zero attached hydrogens (tertiary/aromatic N) is 5. The molecule has 0 saturated carbocycles. The van der Waals surface area contributed by atoms with Crippen molar-refractivity contribution in [2.45, 2.75) is 38.1 Å². The number of benzene rings is 1. The van der Waals surface area contributed by atoms with Crippen molar-refractivity contribution >= 4 is 11.7 Å². The molecule has 3 heterocycles. The molecule has 2 aliphatic heterocycles. The van der Waals surface area contributed by atoms with Crippen LogP contribution in [-0.2, 0) is 0 Å². The van der Waals surface area contributed by atoms with Gasteiger partial charge in [0.1, 0.15) is 12.7 Å². The smallest absolute Gasteiger partial charge is 0.320 e. The zero-order chi connectivity index (χ0) is 17.8. The summed E-state index contributed by atoms with van der Waals surface area (Å²) in [5.74, 6) is 0. The van der Waals surface area contributed by atoms with Crippen LogP contribution >= 0.6 is 0 Å². The Bertz CT molecular complexity index is 725. The molecule has 2 fully saturated rings. The highest BCUT2D eigenvalue weighted by atomic mass is 16.2. The molecule has 1 N–H and O–H groups in total. The summed E-state index contributed by atoms with van der Waals surface area (Å²) in [6.45, 7) is 4.20. The van der Waals surface area contributed by atoms with Gasteiger partial charge in [-0.15, -0.1) is 10.2 Å². The molecule has 7 nitrogen and oxygen atoms in total. The summed E-state index contributed by atoms with van der Waals surface area (Å²) in [6.07, 6.45) is 9.28. The fourth-order valence-corrected chi connectivity index (χ4v) is 3.99. The lowest BCUT2D eigenvalue weighted by molar-refractivity contribution is 0.136. The number of anilines is 1. The van der Waals surface area contributed by atoms with E-state index in [1.165, 1.54) is 32.4 Å². The van der Waals surface area contributed by atoms with Gasteiger partial charge in [-0.2, -0.15) is 0 Å². The summed E-state index contributed by atoms with van der Waals surface area (Å²) in [6, 6.07) is 8.10. The lowest BCUT2D eigenvalue weighted by Crippen LogP contribution is -2.50. The monoisotopic (exact) mass is 354 g/mol.